The van der Waals surface area contributed by atoms with Gasteiger partial charge in [-0.15, -0.1) is 0 Å². The normalized spacial score (nSPS) is 20.5. The van der Waals surface area contributed by atoms with Gasteiger partial charge >= 0.3 is 5.97 Å². The highest BCUT2D eigenvalue weighted by Gasteiger charge is 2.28. The smallest absolute Gasteiger partial charge is 0.310 e. The van der Waals surface area contributed by atoms with Crippen LogP contribution in [0.1, 0.15) is 62.5 Å². The second-order valence-electron chi connectivity index (χ2n) is 7.98. The molecule has 0 bridgehead atoms. The van der Waals surface area contributed by atoms with E-state index in [1.165, 1.54) is 12.8 Å². The molecule has 1 aromatic rings. The quantitative estimate of drug-likeness (QED) is 0.532. The lowest BCUT2D eigenvalue weighted by atomic mass is 9.86. The molecule has 0 amide bonds. The van der Waals surface area contributed by atoms with E-state index in [4.69, 9.17) is 27.9 Å². The third-order valence-electron chi connectivity index (χ3n) is 5.12. The SMILES string of the molecule is CC(C)CC(C(=O)O)c1cc(Cl)c(C2C=CC(Cl)=CC2)c(OCC2CC2)c1. The molecule has 1 aromatic carbocycles. The van der Waals surface area contributed by atoms with Gasteiger partial charge in [0.25, 0.3) is 0 Å². The molecule has 5 heteroatoms. The van der Waals surface area contributed by atoms with E-state index in [1.54, 1.807) is 6.07 Å². The van der Waals surface area contributed by atoms with E-state index in [1.807, 2.05) is 38.1 Å². The van der Waals surface area contributed by atoms with E-state index in [2.05, 4.69) is 0 Å². The van der Waals surface area contributed by atoms with E-state index in [-0.39, 0.29) is 11.8 Å². The summed E-state index contributed by atoms with van der Waals surface area (Å²) in [5.41, 5.74) is 1.63. The van der Waals surface area contributed by atoms with Gasteiger partial charge in [-0.1, -0.05) is 49.2 Å². The number of carbonyl (C=O) groups is 1. The van der Waals surface area contributed by atoms with Crippen LogP contribution in [0.3, 0.4) is 0 Å². The number of hydrogen-bond donors (Lipinski definition) is 1. The molecule has 1 saturated carbocycles. The Bertz CT molecular complexity index is 763. The van der Waals surface area contributed by atoms with Crippen molar-refractivity contribution in [3.8, 4) is 5.75 Å². The van der Waals surface area contributed by atoms with Crippen molar-refractivity contribution >= 4 is 29.2 Å². The lowest BCUT2D eigenvalue weighted by Gasteiger charge is -2.23. The van der Waals surface area contributed by atoms with E-state index in [9.17, 15) is 9.90 Å². The maximum atomic E-state index is 11.8. The summed E-state index contributed by atoms with van der Waals surface area (Å²) >= 11 is 12.7. The van der Waals surface area contributed by atoms with Gasteiger partial charge in [-0.3, -0.25) is 4.79 Å². The van der Waals surface area contributed by atoms with Crippen LogP contribution in [0.2, 0.25) is 5.02 Å². The number of carboxylic acids is 1. The molecule has 0 aliphatic heterocycles. The maximum absolute atomic E-state index is 11.8. The van der Waals surface area contributed by atoms with Gasteiger partial charge in [0.2, 0.25) is 0 Å². The first-order chi connectivity index (χ1) is 12.8. The van der Waals surface area contributed by atoms with Crippen molar-refractivity contribution in [2.75, 3.05) is 6.61 Å². The molecule has 0 saturated heterocycles. The van der Waals surface area contributed by atoms with Crippen molar-refractivity contribution < 1.29 is 14.6 Å². The number of rotatable bonds is 8. The van der Waals surface area contributed by atoms with Crippen LogP contribution in [-0.4, -0.2) is 17.7 Å². The molecular formula is C22H26Cl2O3. The Kier molecular flexibility index (Phi) is 6.54. The Labute approximate surface area is 171 Å². The van der Waals surface area contributed by atoms with E-state index in [0.29, 0.717) is 35.3 Å². The molecule has 2 aliphatic carbocycles. The Morgan fingerprint density at radius 3 is 2.59 bits per heavy atom. The number of halogens is 2. The maximum Gasteiger partial charge on any atom is 0.310 e. The van der Waals surface area contributed by atoms with Gasteiger partial charge in [0, 0.05) is 21.5 Å². The highest BCUT2D eigenvalue weighted by atomic mass is 35.5. The van der Waals surface area contributed by atoms with Gasteiger partial charge in [0.1, 0.15) is 5.75 Å². The minimum atomic E-state index is -0.826. The van der Waals surface area contributed by atoms with E-state index >= 15 is 0 Å². The lowest BCUT2D eigenvalue weighted by Crippen LogP contribution is -2.15. The summed E-state index contributed by atoms with van der Waals surface area (Å²) < 4.78 is 6.13. The molecule has 27 heavy (non-hydrogen) atoms. The largest absolute Gasteiger partial charge is 0.493 e. The first-order valence-corrected chi connectivity index (χ1v) is 10.3. The van der Waals surface area contributed by atoms with Crippen molar-refractivity contribution in [3.05, 3.63) is 51.5 Å². The van der Waals surface area contributed by atoms with Crippen molar-refractivity contribution in [1.82, 2.24) is 0 Å². The Morgan fingerprint density at radius 2 is 2.04 bits per heavy atom. The van der Waals surface area contributed by atoms with Gasteiger partial charge in [0.05, 0.1) is 12.5 Å². The van der Waals surface area contributed by atoms with Gasteiger partial charge < -0.3 is 9.84 Å². The Morgan fingerprint density at radius 1 is 1.30 bits per heavy atom. The lowest BCUT2D eigenvalue weighted by molar-refractivity contribution is -0.139. The highest BCUT2D eigenvalue weighted by molar-refractivity contribution is 6.32. The predicted octanol–water partition coefficient (Wildman–Crippen LogP) is 6.51. The summed E-state index contributed by atoms with van der Waals surface area (Å²) in [6.45, 7) is 4.71. The summed E-state index contributed by atoms with van der Waals surface area (Å²) in [5.74, 6) is 0.248. The van der Waals surface area contributed by atoms with Crippen LogP contribution >= 0.6 is 23.2 Å². The highest BCUT2D eigenvalue weighted by Crippen LogP contribution is 2.42. The monoisotopic (exact) mass is 408 g/mol. The molecule has 0 heterocycles. The fourth-order valence-corrected chi connectivity index (χ4v) is 3.97. The fourth-order valence-electron chi connectivity index (χ4n) is 3.44. The zero-order valence-corrected chi connectivity index (χ0v) is 17.3. The topological polar surface area (TPSA) is 46.5 Å². The molecule has 146 valence electrons. The molecule has 2 atom stereocenters. The second-order valence-corrected chi connectivity index (χ2v) is 8.82. The standard InChI is InChI=1S/C22H26Cl2O3/c1-13(2)9-18(22(25)26)16-10-19(24)21(15-5-7-17(23)8-6-15)20(11-16)27-12-14-3-4-14/h5,7-8,10-11,13-15,18H,3-4,6,9,12H2,1-2H3,(H,25,26). The zero-order valence-electron chi connectivity index (χ0n) is 15.8. The fraction of sp³-hybridized carbons (Fsp3) is 0.500. The zero-order chi connectivity index (χ0) is 19.6. The summed E-state index contributed by atoms with van der Waals surface area (Å²) in [4.78, 5) is 11.8. The van der Waals surface area contributed by atoms with Gasteiger partial charge in [0.15, 0.2) is 0 Å². The van der Waals surface area contributed by atoms with Crippen LogP contribution < -0.4 is 4.74 Å². The first-order valence-electron chi connectivity index (χ1n) is 9.58. The number of benzene rings is 1. The third-order valence-corrected chi connectivity index (χ3v) is 5.71. The number of hydrogen-bond acceptors (Lipinski definition) is 2. The van der Waals surface area contributed by atoms with Crippen molar-refractivity contribution in [3.63, 3.8) is 0 Å². The third kappa shape index (κ3) is 5.30. The number of aliphatic carboxylic acids is 1. The van der Waals surface area contributed by atoms with Crippen molar-refractivity contribution in [2.24, 2.45) is 11.8 Å². The molecule has 0 radical (unpaired) electrons. The van der Waals surface area contributed by atoms with Crippen LogP contribution in [-0.2, 0) is 4.79 Å². The first kappa shape index (κ1) is 20.3. The van der Waals surface area contributed by atoms with Crippen LogP contribution in [0.15, 0.2) is 35.4 Å². The number of allylic oxidation sites excluding steroid dienone is 4. The van der Waals surface area contributed by atoms with E-state index < -0.39 is 11.9 Å². The van der Waals surface area contributed by atoms with Crippen molar-refractivity contribution in [1.29, 1.82) is 0 Å². The minimum Gasteiger partial charge on any atom is -0.493 e. The van der Waals surface area contributed by atoms with Gasteiger partial charge in [-0.05, 0) is 61.3 Å². The summed E-state index contributed by atoms with van der Waals surface area (Å²) in [5, 5.41) is 11.0. The van der Waals surface area contributed by atoms with E-state index in [0.717, 1.165) is 17.0 Å². The van der Waals surface area contributed by atoms with Crippen LogP contribution in [0.25, 0.3) is 0 Å². The molecule has 3 nitrogen and oxygen atoms in total. The van der Waals surface area contributed by atoms with Crippen LogP contribution in [0.5, 0.6) is 5.75 Å². The predicted molar refractivity (Wildman–Crippen MR) is 110 cm³/mol. The number of ether oxygens (including phenoxy) is 1. The molecule has 1 N–H and O–H groups in total. The molecule has 0 aromatic heterocycles. The van der Waals surface area contributed by atoms with Gasteiger partial charge in [-0.2, -0.15) is 0 Å². The molecular weight excluding hydrogens is 383 g/mol. The van der Waals surface area contributed by atoms with Crippen LogP contribution in [0, 0.1) is 11.8 Å². The summed E-state index contributed by atoms with van der Waals surface area (Å²) in [6, 6.07) is 3.69. The number of carboxylic acid groups (broad SMARTS) is 1. The molecule has 0 spiro atoms. The van der Waals surface area contributed by atoms with Crippen molar-refractivity contribution in [2.45, 2.75) is 51.4 Å². The summed E-state index contributed by atoms with van der Waals surface area (Å²) in [7, 11) is 0. The Balaban J connectivity index is 1.97. The average Bonchev–Trinajstić information content (AvgIpc) is 3.42. The molecule has 1 fully saturated rings. The molecule has 2 unspecified atom stereocenters. The second kappa shape index (κ2) is 8.70. The van der Waals surface area contributed by atoms with Gasteiger partial charge in [-0.25, -0.2) is 0 Å². The molecule has 2 aliphatic rings. The minimum absolute atomic E-state index is 0.0802. The van der Waals surface area contributed by atoms with Crippen LogP contribution in [0.4, 0.5) is 0 Å². The summed E-state index contributed by atoms with van der Waals surface area (Å²) in [6.07, 6.45) is 9.59. The molecule has 3 rings (SSSR count). The Hall–Kier alpha value is -1.45. The average molecular weight is 409 g/mol.